The molecule has 0 aliphatic carbocycles. The molecule has 1 aliphatic rings. The van der Waals surface area contributed by atoms with E-state index in [1.165, 1.54) is 11.8 Å². The molecule has 1 aromatic carbocycles. The van der Waals surface area contributed by atoms with Crippen molar-refractivity contribution in [2.45, 2.75) is 33.3 Å². The number of nitrogens with zero attached hydrogens (tertiary/aromatic N) is 2. The molecule has 2 heterocycles. The number of amides is 1. The van der Waals surface area contributed by atoms with E-state index < -0.39 is 6.10 Å². The third-order valence-electron chi connectivity index (χ3n) is 3.73. The summed E-state index contributed by atoms with van der Waals surface area (Å²) >= 11 is 1.58. The fourth-order valence-electron chi connectivity index (χ4n) is 2.62. The lowest BCUT2D eigenvalue weighted by atomic mass is 10.1. The molecule has 0 bridgehead atoms. The van der Waals surface area contributed by atoms with E-state index in [0.29, 0.717) is 17.9 Å². The minimum absolute atomic E-state index is 0.0593. The number of ketones is 1. The van der Waals surface area contributed by atoms with Crippen molar-refractivity contribution in [2.75, 3.05) is 11.4 Å². The van der Waals surface area contributed by atoms with Crippen molar-refractivity contribution in [1.29, 1.82) is 0 Å². The van der Waals surface area contributed by atoms with Gasteiger partial charge in [0.1, 0.15) is 11.5 Å². The van der Waals surface area contributed by atoms with E-state index in [1.54, 1.807) is 11.3 Å². The minimum Gasteiger partial charge on any atom is -0.478 e. The molecule has 0 spiro atoms. The lowest BCUT2D eigenvalue weighted by molar-refractivity contribution is -0.128. The number of thiazole rings is 1. The number of aromatic nitrogens is 1. The number of hydrogen-bond acceptors (Lipinski definition) is 5. The van der Waals surface area contributed by atoms with Crippen LogP contribution in [-0.2, 0) is 9.59 Å². The summed E-state index contributed by atoms with van der Waals surface area (Å²) < 4.78 is 5.78. The lowest BCUT2D eigenvalue weighted by Gasteiger charge is -2.33. The standard InChI is InChI=1S/C17H18N2O3S/c1-4-15-17(21)19(8-10(2)20)14-7-12(5-6-16(14)22-15)13-9-23-11(3)18-13/h5-7,9,15H,4,8H2,1-3H3. The van der Waals surface area contributed by atoms with Crippen LogP contribution in [0.4, 0.5) is 5.69 Å². The summed E-state index contributed by atoms with van der Waals surface area (Å²) in [5, 5.41) is 2.96. The van der Waals surface area contributed by atoms with Crippen LogP contribution in [0.3, 0.4) is 0 Å². The maximum atomic E-state index is 12.5. The average molecular weight is 330 g/mol. The number of carbonyl (C=O) groups excluding carboxylic acids is 2. The molecule has 120 valence electrons. The summed E-state index contributed by atoms with van der Waals surface area (Å²) in [6.07, 6.45) is 0.0360. The molecule has 5 nitrogen and oxygen atoms in total. The maximum absolute atomic E-state index is 12.5. The summed E-state index contributed by atoms with van der Waals surface area (Å²) in [4.78, 5) is 30.1. The Morgan fingerprint density at radius 1 is 1.43 bits per heavy atom. The van der Waals surface area contributed by atoms with Gasteiger partial charge in [-0.15, -0.1) is 11.3 Å². The van der Waals surface area contributed by atoms with Gasteiger partial charge in [0.2, 0.25) is 0 Å². The van der Waals surface area contributed by atoms with Crippen molar-refractivity contribution in [3.63, 3.8) is 0 Å². The number of hydrogen-bond donors (Lipinski definition) is 0. The molecule has 1 unspecified atom stereocenters. The van der Waals surface area contributed by atoms with Crippen molar-refractivity contribution in [2.24, 2.45) is 0 Å². The van der Waals surface area contributed by atoms with Gasteiger partial charge in [-0.1, -0.05) is 6.92 Å². The Kier molecular flexibility index (Phi) is 4.17. The number of ether oxygens (including phenoxy) is 1. The highest BCUT2D eigenvalue weighted by atomic mass is 32.1. The molecule has 0 saturated carbocycles. The van der Waals surface area contributed by atoms with Gasteiger partial charge < -0.3 is 4.74 Å². The Hall–Kier alpha value is -2.21. The van der Waals surface area contributed by atoms with Gasteiger partial charge in [0.15, 0.2) is 6.10 Å². The van der Waals surface area contributed by atoms with Gasteiger partial charge >= 0.3 is 0 Å². The summed E-state index contributed by atoms with van der Waals surface area (Å²) in [5.41, 5.74) is 2.41. The number of Topliss-reactive ketones (excluding diaryl/α,β-unsaturated/α-hetero) is 1. The van der Waals surface area contributed by atoms with Crippen molar-refractivity contribution in [1.82, 2.24) is 4.98 Å². The molecule has 3 rings (SSSR count). The molecule has 0 radical (unpaired) electrons. The molecule has 1 atom stereocenters. The normalized spacial score (nSPS) is 16.9. The van der Waals surface area contributed by atoms with Crippen molar-refractivity contribution in [3.8, 4) is 17.0 Å². The van der Waals surface area contributed by atoms with Gasteiger partial charge in [0, 0.05) is 10.9 Å². The van der Waals surface area contributed by atoms with Crippen LogP contribution in [0.2, 0.25) is 0 Å². The predicted octanol–water partition coefficient (Wildman–Crippen LogP) is 3.21. The molecule has 23 heavy (non-hydrogen) atoms. The summed E-state index contributed by atoms with van der Waals surface area (Å²) in [5.74, 6) is 0.408. The van der Waals surface area contributed by atoms with Crippen molar-refractivity contribution in [3.05, 3.63) is 28.6 Å². The van der Waals surface area contributed by atoms with Crippen LogP contribution in [0.25, 0.3) is 11.3 Å². The Morgan fingerprint density at radius 3 is 2.83 bits per heavy atom. The van der Waals surface area contributed by atoms with Gasteiger partial charge in [-0.2, -0.15) is 0 Å². The second-order valence-electron chi connectivity index (χ2n) is 5.58. The van der Waals surface area contributed by atoms with E-state index in [9.17, 15) is 9.59 Å². The van der Waals surface area contributed by atoms with Crippen molar-refractivity contribution >= 4 is 28.7 Å². The van der Waals surface area contributed by atoms with Crippen LogP contribution in [-0.4, -0.2) is 29.3 Å². The van der Waals surface area contributed by atoms with Gasteiger partial charge in [-0.05, 0) is 38.5 Å². The van der Waals surface area contributed by atoms with E-state index in [4.69, 9.17) is 4.74 Å². The predicted molar refractivity (Wildman–Crippen MR) is 90.0 cm³/mol. The van der Waals surface area contributed by atoms with Crippen LogP contribution in [0.15, 0.2) is 23.6 Å². The van der Waals surface area contributed by atoms with Crippen LogP contribution in [0, 0.1) is 6.92 Å². The van der Waals surface area contributed by atoms with E-state index in [2.05, 4.69) is 4.98 Å². The van der Waals surface area contributed by atoms with Crippen molar-refractivity contribution < 1.29 is 14.3 Å². The monoisotopic (exact) mass is 330 g/mol. The third-order valence-corrected chi connectivity index (χ3v) is 4.50. The highest BCUT2D eigenvalue weighted by Gasteiger charge is 2.34. The Labute approximate surface area is 138 Å². The Bertz CT molecular complexity index is 769. The first kappa shape index (κ1) is 15.7. The largest absolute Gasteiger partial charge is 0.478 e. The first-order valence-corrected chi connectivity index (χ1v) is 8.41. The SMILES string of the molecule is CCC1Oc2ccc(-c3csc(C)n3)cc2N(CC(C)=O)C1=O. The number of benzene rings is 1. The molecule has 0 saturated heterocycles. The third kappa shape index (κ3) is 2.99. The molecule has 1 aliphatic heterocycles. The first-order chi connectivity index (χ1) is 11.0. The zero-order chi connectivity index (χ0) is 16.6. The molecule has 6 heteroatoms. The zero-order valence-corrected chi connectivity index (χ0v) is 14.1. The molecular formula is C17H18N2O3S. The summed E-state index contributed by atoms with van der Waals surface area (Å²) in [7, 11) is 0. The number of rotatable bonds is 4. The van der Waals surface area contributed by atoms with Crippen LogP contribution in [0.5, 0.6) is 5.75 Å². The number of carbonyl (C=O) groups is 2. The average Bonchev–Trinajstić information content (AvgIpc) is 2.95. The van der Waals surface area contributed by atoms with E-state index in [1.807, 2.05) is 37.4 Å². The highest BCUT2D eigenvalue weighted by molar-refractivity contribution is 7.09. The fraction of sp³-hybridized carbons (Fsp3) is 0.353. The molecule has 1 aromatic heterocycles. The number of fused-ring (bicyclic) bond motifs is 1. The second-order valence-corrected chi connectivity index (χ2v) is 6.64. The van der Waals surface area contributed by atoms with Gasteiger partial charge in [-0.3, -0.25) is 14.5 Å². The first-order valence-electron chi connectivity index (χ1n) is 7.53. The fourth-order valence-corrected chi connectivity index (χ4v) is 3.25. The maximum Gasteiger partial charge on any atom is 0.268 e. The lowest BCUT2D eigenvalue weighted by Crippen LogP contribution is -2.47. The topological polar surface area (TPSA) is 59.5 Å². The van der Waals surface area contributed by atoms with E-state index >= 15 is 0 Å². The zero-order valence-electron chi connectivity index (χ0n) is 13.3. The molecule has 2 aromatic rings. The molecule has 1 amide bonds. The summed E-state index contributed by atoms with van der Waals surface area (Å²) in [6, 6.07) is 5.65. The van der Waals surface area contributed by atoms with Gasteiger partial charge in [0.25, 0.3) is 5.91 Å². The van der Waals surface area contributed by atoms with Crippen LogP contribution in [0.1, 0.15) is 25.3 Å². The minimum atomic E-state index is -0.533. The van der Waals surface area contributed by atoms with E-state index in [-0.39, 0.29) is 18.2 Å². The Morgan fingerprint density at radius 2 is 2.22 bits per heavy atom. The number of anilines is 1. The van der Waals surface area contributed by atoms with Crippen LogP contribution < -0.4 is 9.64 Å². The van der Waals surface area contributed by atoms with Crippen LogP contribution >= 0.6 is 11.3 Å². The molecular weight excluding hydrogens is 312 g/mol. The molecule has 0 N–H and O–H groups in total. The van der Waals surface area contributed by atoms with Gasteiger partial charge in [-0.25, -0.2) is 4.98 Å². The number of aryl methyl sites for hydroxylation is 1. The van der Waals surface area contributed by atoms with Gasteiger partial charge in [0.05, 0.1) is 22.9 Å². The smallest absolute Gasteiger partial charge is 0.268 e. The summed E-state index contributed by atoms with van der Waals surface area (Å²) in [6.45, 7) is 5.39. The second kappa shape index (κ2) is 6.12. The van der Waals surface area contributed by atoms with E-state index in [0.717, 1.165) is 16.3 Å². The molecule has 0 fully saturated rings. The quantitative estimate of drug-likeness (QED) is 0.864. The Balaban J connectivity index is 2.06. The highest BCUT2D eigenvalue weighted by Crippen LogP contribution is 2.38.